The zero-order chi connectivity index (χ0) is 11.7. The first-order valence-corrected chi connectivity index (χ1v) is 4.65. The van der Waals surface area contributed by atoms with Crippen LogP contribution in [0, 0.1) is 0 Å². The molecule has 2 aromatic rings. The van der Waals surface area contributed by atoms with Crippen molar-refractivity contribution < 1.29 is 4.74 Å². The summed E-state index contributed by atoms with van der Waals surface area (Å²) in [4.78, 5) is 15.7. The molecule has 84 valence electrons. The Labute approximate surface area is 94.6 Å². The fourth-order valence-electron chi connectivity index (χ4n) is 1.21. The fraction of sp³-hybridized carbons (Fsp3) is 0.286. The van der Waals surface area contributed by atoms with E-state index in [-0.39, 0.29) is 23.1 Å². The first kappa shape index (κ1) is 10.6. The van der Waals surface area contributed by atoms with Gasteiger partial charge in [-0.25, -0.2) is 14.2 Å². The van der Waals surface area contributed by atoms with Gasteiger partial charge in [0.05, 0.1) is 0 Å². The molecule has 0 spiro atoms. The van der Waals surface area contributed by atoms with E-state index >= 15 is 0 Å². The van der Waals surface area contributed by atoms with Gasteiger partial charge in [-0.15, -0.1) is 5.10 Å². The second-order valence-electron chi connectivity index (χ2n) is 2.94. The summed E-state index contributed by atoms with van der Waals surface area (Å²) in [6.07, 6.45) is 1.30. The molecule has 2 aromatic heterocycles. The van der Waals surface area contributed by atoms with Gasteiger partial charge in [-0.05, 0) is 0 Å². The molecule has 2 N–H and O–H groups in total. The lowest BCUT2D eigenvalue weighted by molar-refractivity contribution is 0.111. The zero-order valence-corrected chi connectivity index (χ0v) is 9.14. The smallest absolute Gasteiger partial charge is 0.355 e. The molecule has 0 aliphatic heterocycles. The first-order chi connectivity index (χ1) is 7.65. The molecule has 2 rings (SSSR count). The Morgan fingerprint density at radius 3 is 3.06 bits per heavy atom. The van der Waals surface area contributed by atoms with E-state index in [9.17, 15) is 4.79 Å². The Morgan fingerprint density at radius 2 is 2.44 bits per heavy atom. The van der Waals surface area contributed by atoms with Crippen LogP contribution in [0.1, 0.15) is 5.69 Å². The summed E-state index contributed by atoms with van der Waals surface area (Å²) in [6.45, 7) is 0.0162. The topological polar surface area (TPSA) is 100 Å². The average molecular weight is 240 g/mol. The Kier molecular flexibility index (Phi) is 2.62. The lowest BCUT2D eigenvalue weighted by Gasteiger charge is -2.01. The van der Waals surface area contributed by atoms with Crippen molar-refractivity contribution in [3.63, 3.8) is 0 Å². The Morgan fingerprint density at radius 1 is 1.69 bits per heavy atom. The van der Waals surface area contributed by atoms with Crippen LogP contribution in [0.4, 0.5) is 0 Å². The van der Waals surface area contributed by atoms with Crippen molar-refractivity contribution in [1.29, 1.82) is 0 Å². The molecule has 9 heteroatoms. The number of thiocarbonyl (C=S) groups is 1. The van der Waals surface area contributed by atoms with Crippen LogP contribution < -0.4 is 11.4 Å². The maximum Gasteiger partial charge on any atom is 0.355 e. The highest BCUT2D eigenvalue weighted by molar-refractivity contribution is 7.80. The van der Waals surface area contributed by atoms with E-state index in [0.717, 1.165) is 4.68 Å². The van der Waals surface area contributed by atoms with Gasteiger partial charge in [0.2, 0.25) is 0 Å². The van der Waals surface area contributed by atoms with Gasteiger partial charge in [-0.3, -0.25) is 0 Å². The number of methoxy groups -OCH3 is 1. The van der Waals surface area contributed by atoms with Crippen LogP contribution in [0.25, 0.3) is 5.65 Å². The summed E-state index contributed by atoms with van der Waals surface area (Å²) in [7, 11) is 1.45. The SMILES string of the molecule is COCn1nnc2c(C(N)=S)ncn2c1=O. The van der Waals surface area contributed by atoms with Gasteiger partial charge in [-0.2, -0.15) is 4.68 Å². The van der Waals surface area contributed by atoms with Gasteiger partial charge >= 0.3 is 5.69 Å². The third kappa shape index (κ3) is 1.55. The minimum Gasteiger partial charge on any atom is -0.388 e. The van der Waals surface area contributed by atoms with Gasteiger partial charge in [0.1, 0.15) is 23.7 Å². The summed E-state index contributed by atoms with van der Waals surface area (Å²) in [5, 5.41) is 7.47. The molecular formula is C7H8N6O2S. The summed E-state index contributed by atoms with van der Waals surface area (Å²) >= 11 is 4.77. The zero-order valence-electron chi connectivity index (χ0n) is 8.32. The summed E-state index contributed by atoms with van der Waals surface area (Å²) in [6, 6.07) is 0. The minimum absolute atomic E-state index is 0.0162. The Balaban J connectivity index is 2.69. The summed E-state index contributed by atoms with van der Waals surface area (Å²) < 4.78 is 7.05. The van der Waals surface area contributed by atoms with Crippen LogP contribution in [0.5, 0.6) is 0 Å². The first-order valence-electron chi connectivity index (χ1n) is 4.24. The van der Waals surface area contributed by atoms with Crippen molar-refractivity contribution in [3.05, 3.63) is 22.5 Å². The lowest BCUT2D eigenvalue weighted by Crippen LogP contribution is -2.30. The predicted octanol–water partition coefficient (Wildman–Crippen LogP) is -1.48. The van der Waals surface area contributed by atoms with E-state index < -0.39 is 5.69 Å². The number of rotatable bonds is 3. The number of nitrogens with two attached hydrogens (primary N) is 1. The molecule has 8 nitrogen and oxygen atoms in total. The van der Waals surface area contributed by atoms with Crippen molar-refractivity contribution in [2.75, 3.05) is 7.11 Å². The highest BCUT2D eigenvalue weighted by Crippen LogP contribution is 2.01. The van der Waals surface area contributed by atoms with E-state index in [1.54, 1.807) is 0 Å². The fourth-order valence-corrected chi connectivity index (χ4v) is 1.36. The van der Waals surface area contributed by atoms with Crippen molar-refractivity contribution >= 4 is 22.9 Å². The van der Waals surface area contributed by atoms with E-state index in [0.29, 0.717) is 0 Å². The van der Waals surface area contributed by atoms with Gasteiger partial charge in [-0.1, -0.05) is 17.4 Å². The number of ether oxygens (including phenoxy) is 1. The second-order valence-corrected chi connectivity index (χ2v) is 3.38. The molecule has 0 saturated carbocycles. The number of fused-ring (bicyclic) bond motifs is 1. The average Bonchev–Trinajstić information content (AvgIpc) is 2.67. The highest BCUT2D eigenvalue weighted by atomic mass is 32.1. The molecule has 0 unspecified atom stereocenters. The minimum atomic E-state index is -0.415. The third-order valence-electron chi connectivity index (χ3n) is 1.90. The number of imidazole rings is 1. The summed E-state index contributed by atoms with van der Waals surface area (Å²) in [5.41, 5.74) is 5.53. The maximum atomic E-state index is 11.8. The molecule has 0 amide bonds. The molecule has 0 atom stereocenters. The van der Waals surface area contributed by atoms with Crippen LogP contribution in [0.3, 0.4) is 0 Å². The quantitative estimate of drug-likeness (QED) is 0.653. The third-order valence-corrected chi connectivity index (χ3v) is 2.09. The maximum absolute atomic E-state index is 11.8. The van der Waals surface area contributed by atoms with Gasteiger partial charge in [0.15, 0.2) is 5.65 Å². The van der Waals surface area contributed by atoms with Crippen molar-refractivity contribution in [1.82, 2.24) is 24.4 Å². The molecule has 2 heterocycles. The standard InChI is InChI=1S/C7H8N6O2S/c1-15-3-13-7(14)12-2-9-4(5(8)16)6(12)10-11-13/h2H,3H2,1H3,(H2,8,16). The highest BCUT2D eigenvalue weighted by Gasteiger charge is 2.12. The van der Waals surface area contributed by atoms with Crippen molar-refractivity contribution in [2.45, 2.75) is 6.73 Å². The predicted molar refractivity (Wildman–Crippen MR) is 57.9 cm³/mol. The molecule has 0 bridgehead atoms. The van der Waals surface area contributed by atoms with Crippen molar-refractivity contribution in [3.8, 4) is 0 Å². The summed E-state index contributed by atoms with van der Waals surface area (Å²) in [5.74, 6) is 0. The Bertz CT molecular complexity index is 602. The molecule has 16 heavy (non-hydrogen) atoms. The monoisotopic (exact) mass is 240 g/mol. The van der Waals surface area contributed by atoms with E-state index in [2.05, 4.69) is 15.3 Å². The number of aromatic nitrogens is 5. The molecule has 0 fully saturated rings. The molecule has 0 radical (unpaired) electrons. The van der Waals surface area contributed by atoms with Crippen LogP contribution in [-0.2, 0) is 11.5 Å². The lowest BCUT2D eigenvalue weighted by atomic mass is 10.4. The second kappa shape index (κ2) is 3.94. The molecular weight excluding hydrogens is 232 g/mol. The normalized spacial score (nSPS) is 10.8. The van der Waals surface area contributed by atoms with Crippen LogP contribution >= 0.6 is 12.2 Å². The van der Waals surface area contributed by atoms with Crippen LogP contribution in [0.2, 0.25) is 0 Å². The van der Waals surface area contributed by atoms with E-state index in [1.165, 1.54) is 17.8 Å². The van der Waals surface area contributed by atoms with Crippen LogP contribution in [0.15, 0.2) is 11.1 Å². The van der Waals surface area contributed by atoms with Gasteiger partial charge in [0, 0.05) is 7.11 Å². The molecule has 0 aromatic carbocycles. The van der Waals surface area contributed by atoms with Gasteiger partial charge in [0.25, 0.3) is 0 Å². The Hall–Kier alpha value is -1.87. The molecule has 0 saturated heterocycles. The van der Waals surface area contributed by atoms with Gasteiger partial charge < -0.3 is 10.5 Å². The number of hydrogen-bond acceptors (Lipinski definition) is 6. The molecule has 0 aliphatic rings. The van der Waals surface area contributed by atoms with Crippen LogP contribution in [-0.4, -0.2) is 36.5 Å². The largest absolute Gasteiger partial charge is 0.388 e. The number of nitrogens with zero attached hydrogens (tertiary/aromatic N) is 5. The number of hydrogen-bond donors (Lipinski definition) is 1. The molecule has 0 aliphatic carbocycles. The van der Waals surface area contributed by atoms with E-state index in [1.807, 2.05) is 0 Å². The van der Waals surface area contributed by atoms with Crippen molar-refractivity contribution in [2.24, 2.45) is 5.73 Å². The van der Waals surface area contributed by atoms with E-state index in [4.69, 9.17) is 22.7 Å².